The van der Waals surface area contributed by atoms with Crippen LogP contribution in [-0.4, -0.2) is 64.5 Å². The first-order valence-electron chi connectivity index (χ1n) is 12.3. The molecule has 0 aliphatic carbocycles. The van der Waals surface area contributed by atoms with Gasteiger partial charge in [0.05, 0.1) is 17.6 Å². The number of fused-ring (bicyclic) bond motifs is 2. The molecule has 5 aromatic rings. The van der Waals surface area contributed by atoms with E-state index in [2.05, 4.69) is 69.3 Å². The summed E-state index contributed by atoms with van der Waals surface area (Å²) < 4.78 is 3.74. The number of anilines is 2. The van der Waals surface area contributed by atoms with Gasteiger partial charge in [-0.1, -0.05) is 0 Å². The van der Waals surface area contributed by atoms with Crippen molar-refractivity contribution < 1.29 is 0 Å². The number of piperazine rings is 1. The highest BCUT2D eigenvalue weighted by Crippen LogP contribution is 2.33. The second kappa shape index (κ2) is 8.59. The quantitative estimate of drug-likeness (QED) is 0.348. The lowest BCUT2D eigenvalue weighted by atomic mass is 10.1. The van der Waals surface area contributed by atoms with Crippen molar-refractivity contribution in [1.82, 2.24) is 44.6 Å². The van der Waals surface area contributed by atoms with Gasteiger partial charge in [-0.25, -0.2) is 19.5 Å². The Kier molecular flexibility index (Phi) is 5.36. The Labute approximate surface area is 209 Å². The van der Waals surface area contributed by atoms with Crippen LogP contribution in [0.2, 0.25) is 0 Å². The Morgan fingerprint density at radius 2 is 1.97 bits per heavy atom. The molecule has 1 fully saturated rings. The molecule has 6 rings (SSSR count). The summed E-state index contributed by atoms with van der Waals surface area (Å²) in [4.78, 5) is 19.8. The first-order valence-corrected chi connectivity index (χ1v) is 12.3. The van der Waals surface area contributed by atoms with E-state index in [4.69, 9.17) is 10.1 Å². The molecule has 36 heavy (non-hydrogen) atoms. The molecular formula is C25H31N11. The van der Waals surface area contributed by atoms with E-state index in [0.29, 0.717) is 17.9 Å². The molecule has 0 saturated carbocycles. The molecule has 11 heteroatoms. The van der Waals surface area contributed by atoms with Crippen molar-refractivity contribution in [1.29, 1.82) is 0 Å². The lowest BCUT2D eigenvalue weighted by Gasteiger charge is -2.37. The zero-order valence-corrected chi connectivity index (χ0v) is 21.2. The number of aromatic nitrogens is 8. The van der Waals surface area contributed by atoms with Crippen molar-refractivity contribution in [2.75, 3.05) is 23.3 Å². The molecule has 11 nitrogen and oxygen atoms in total. The van der Waals surface area contributed by atoms with Crippen LogP contribution in [0.3, 0.4) is 0 Å². The van der Waals surface area contributed by atoms with Gasteiger partial charge >= 0.3 is 0 Å². The largest absolute Gasteiger partial charge is 0.360 e. The second-order valence-corrected chi connectivity index (χ2v) is 9.88. The second-order valence-electron chi connectivity index (χ2n) is 9.88. The summed E-state index contributed by atoms with van der Waals surface area (Å²) >= 11 is 0. The molecule has 1 aliphatic heterocycles. The smallest absolute Gasteiger partial charge is 0.173 e. The van der Waals surface area contributed by atoms with Gasteiger partial charge in [-0.05, 0) is 39.3 Å². The van der Waals surface area contributed by atoms with Crippen LogP contribution in [0.1, 0.15) is 38.2 Å². The van der Waals surface area contributed by atoms with Crippen molar-refractivity contribution in [2.24, 2.45) is 7.05 Å². The zero-order chi connectivity index (χ0) is 25.0. The summed E-state index contributed by atoms with van der Waals surface area (Å²) in [6.45, 7) is 10.4. The van der Waals surface area contributed by atoms with Gasteiger partial charge in [0.2, 0.25) is 0 Å². The molecule has 0 radical (unpaired) electrons. The first kappa shape index (κ1) is 22.5. The fourth-order valence-electron chi connectivity index (χ4n) is 5.21. The summed E-state index contributed by atoms with van der Waals surface area (Å²) in [6, 6.07) is 2.67. The highest BCUT2D eigenvalue weighted by atomic mass is 15.3. The Bertz CT molecular complexity index is 1530. The number of nitrogens with one attached hydrogen (secondary N) is 3. The molecule has 3 atom stereocenters. The molecule has 186 valence electrons. The SMILES string of the molecule is Cc1ccn2nc([C@H](C)Nc3ncnc4[nH]cc(-c5cnn(C)c5)c34)nc(N3C[C@@H](C)N[C@@H](C)C3)c12. The Balaban J connectivity index is 1.39. The van der Waals surface area contributed by atoms with E-state index in [9.17, 15) is 0 Å². The van der Waals surface area contributed by atoms with Gasteiger partial charge in [-0.3, -0.25) is 4.68 Å². The van der Waals surface area contributed by atoms with E-state index >= 15 is 0 Å². The lowest BCUT2D eigenvalue weighted by Crippen LogP contribution is -2.54. The molecule has 0 amide bonds. The molecule has 1 aliphatic rings. The number of nitrogens with zero attached hydrogens (tertiary/aromatic N) is 8. The van der Waals surface area contributed by atoms with E-state index in [0.717, 1.165) is 52.4 Å². The highest BCUT2D eigenvalue weighted by molar-refractivity contribution is 6.00. The fraction of sp³-hybridized carbons (Fsp3) is 0.400. The molecule has 6 heterocycles. The molecule has 5 aromatic heterocycles. The van der Waals surface area contributed by atoms with Crippen LogP contribution in [0.15, 0.2) is 37.2 Å². The van der Waals surface area contributed by atoms with E-state index in [1.165, 1.54) is 5.56 Å². The summed E-state index contributed by atoms with van der Waals surface area (Å²) in [5, 5.41) is 17.3. The maximum absolute atomic E-state index is 5.11. The van der Waals surface area contributed by atoms with Gasteiger partial charge in [0.25, 0.3) is 0 Å². The standard InChI is InChI=1S/C25H31N11/c1-14-6-7-36-21(14)25(35-10-15(2)30-16(3)11-35)32-22(33-36)17(4)31-24-20-19(18-8-29-34(5)12-18)9-26-23(20)27-13-28-24/h6-9,12-13,15-17,30H,10-11H2,1-5H3,(H2,26,27,28,31)/t15-,16+,17-/m0/s1. The topological polar surface area (TPSA) is 117 Å². The van der Waals surface area contributed by atoms with E-state index < -0.39 is 0 Å². The van der Waals surface area contributed by atoms with Crippen LogP contribution in [0.5, 0.6) is 0 Å². The van der Waals surface area contributed by atoms with Crippen LogP contribution in [-0.2, 0) is 7.05 Å². The minimum atomic E-state index is -0.191. The zero-order valence-electron chi connectivity index (χ0n) is 21.2. The first-order chi connectivity index (χ1) is 17.4. The van der Waals surface area contributed by atoms with Crippen LogP contribution < -0.4 is 15.5 Å². The third-order valence-electron chi connectivity index (χ3n) is 6.79. The van der Waals surface area contributed by atoms with Gasteiger partial charge < -0.3 is 20.5 Å². The Morgan fingerprint density at radius 1 is 1.17 bits per heavy atom. The van der Waals surface area contributed by atoms with Crippen molar-refractivity contribution in [3.05, 3.63) is 48.6 Å². The van der Waals surface area contributed by atoms with Gasteiger partial charge in [0.15, 0.2) is 11.6 Å². The molecule has 0 spiro atoms. The normalized spacial score (nSPS) is 19.3. The summed E-state index contributed by atoms with van der Waals surface area (Å²) in [5.41, 5.74) is 4.98. The van der Waals surface area contributed by atoms with Crippen LogP contribution in [0.4, 0.5) is 11.6 Å². The minimum Gasteiger partial charge on any atom is -0.360 e. The van der Waals surface area contributed by atoms with Crippen LogP contribution in [0.25, 0.3) is 27.7 Å². The lowest BCUT2D eigenvalue weighted by molar-refractivity contribution is 0.405. The van der Waals surface area contributed by atoms with Gasteiger partial charge in [-0.2, -0.15) is 10.2 Å². The summed E-state index contributed by atoms with van der Waals surface area (Å²) in [5.74, 6) is 2.41. The van der Waals surface area contributed by atoms with Crippen LogP contribution >= 0.6 is 0 Å². The summed E-state index contributed by atoms with van der Waals surface area (Å²) in [7, 11) is 1.91. The monoisotopic (exact) mass is 485 g/mol. The average Bonchev–Trinajstić information content (AvgIpc) is 3.56. The van der Waals surface area contributed by atoms with E-state index in [1.54, 1.807) is 11.0 Å². The van der Waals surface area contributed by atoms with Crippen LogP contribution in [0, 0.1) is 6.92 Å². The minimum absolute atomic E-state index is 0.191. The highest BCUT2D eigenvalue weighted by Gasteiger charge is 2.26. The maximum Gasteiger partial charge on any atom is 0.173 e. The molecular weight excluding hydrogens is 454 g/mol. The molecule has 0 bridgehead atoms. The number of hydrogen-bond acceptors (Lipinski definition) is 8. The fourth-order valence-corrected chi connectivity index (χ4v) is 5.21. The summed E-state index contributed by atoms with van der Waals surface area (Å²) in [6.07, 6.45) is 9.35. The molecule has 1 saturated heterocycles. The predicted molar refractivity (Wildman–Crippen MR) is 140 cm³/mol. The molecule has 0 unspecified atom stereocenters. The average molecular weight is 486 g/mol. The van der Waals surface area contributed by atoms with Gasteiger partial charge in [-0.15, -0.1) is 0 Å². The van der Waals surface area contributed by atoms with E-state index in [-0.39, 0.29) is 6.04 Å². The Morgan fingerprint density at radius 3 is 2.72 bits per heavy atom. The Hall–Kier alpha value is -3.99. The van der Waals surface area contributed by atoms with Crippen molar-refractivity contribution in [2.45, 2.75) is 45.8 Å². The predicted octanol–water partition coefficient (Wildman–Crippen LogP) is 3.07. The third kappa shape index (κ3) is 3.85. The third-order valence-corrected chi connectivity index (χ3v) is 6.79. The van der Waals surface area contributed by atoms with E-state index in [1.807, 2.05) is 36.4 Å². The van der Waals surface area contributed by atoms with Crippen molar-refractivity contribution >= 4 is 28.2 Å². The number of aryl methyl sites for hydroxylation is 2. The molecule has 0 aromatic carbocycles. The molecule has 3 N–H and O–H groups in total. The van der Waals surface area contributed by atoms with Gasteiger partial charge in [0.1, 0.15) is 23.3 Å². The van der Waals surface area contributed by atoms with Crippen molar-refractivity contribution in [3.8, 4) is 11.1 Å². The maximum atomic E-state index is 5.11. The number of rotatable bonds is 5. The number of aromatic amines is 1. The number of H-pyrrole nitrogens is 1. The van der Waals surface area contributed by atoms with Crippen molar-refractivity contribution in [3.63, 3.8) is 0 Å². The number of hydrogen-bond donors (Lipinski definition) is 3. The van der Waals surface area contributed by atoms with Gasteiger partial charge in [0, 0.05) is 61.9 Å².